The van der Waals surface area contributed by atoms with E-state index in [0.29, 0.717) is 18.9 Å². The number of ether oxygens (including phenoxy) is 3. The van der Waals surface area contributed by atoms with Crippen LogP contribution < -0.4 is 10.5 Å². The third kappa shape index (κ3) is 3.89. The summed E-state index contributed by atoms with van der Waals surface area (Å²) in [6.07, 6.45) is 1.21. The minimum absolute atomic E-state index is 0.197. The quantitative estimate of drug-likeness (QED) is 0.769. The van der Waals surface area contributed by atoms with Gasteiger partial charge in [-0.25, -0.2) is 9.78 Å². The molecule has 1 heterocycles. The van der Waals surface area contributed by atoms with Gasteiger partial charge in [0.1, 0.15) is 11.7 Å². The average molecular weight is 254 g/mol. The highest BCUT2D eigenvalue weighted by molar-refractivity contribution is 5.92. The summed E-state index contributed by atoms with van der Waals surface area (Å²) >= 11 is 0. The summed E-state index contributed by atoms with van der Waals surface area (Å²) in [5, 5.41) is 0. The molecular formula is C12H18N2O4. The Bertz CT molecular complexity index is 409. The third-order valence-corrected chi connectivity index (χ3v) is 2.15. The van der Waals surface area contributed by atoms with Gasteiger partial charge in [-0.1, -0.05) is 0 Å². The van der Waals surface area contributed by atoms with E-state index in [-0.39, 0.29) is 17.5 Å². The molecule has 0 saturated heterocycles. The fraction of sp³-hybridized carbons (Fsp3) is 0.500. The van der Waals surface area contributed by atoms with Crippen LogP contribution in [-0.4, -0.2) is 37.4 Å². The smallest absolute Gasteiger partial charge is 0.343 e. The summed E-state index contributed by atoms with van der Waals surface area (Å²) in [7, 11) is 1.29. The van der Waals surface area contributed by atoms with Gasteiger partial charge < -0.3 is 19.9 Å². The fourth-order valence-electron chi connectivity index (χ4n) is 1.33. The van der Waals surface area contributed by atoms with Crippen LogP contribution in [0.1, 0.15) is 24.2 Å². The van der Waals surface area contributed by atoms with E-state index in [1.54, 1.807) is 0 Å². The zero-order valence-electron chi connectivity index (χ0n) is 10.8. The van der Waals surface area contributed by atoms with E-state index in [1.807, 2.05) is 13.8 Å². The maximum absolute atomic E-state index is 11.6. The van der Waals surface area contributed by atoms with Crippen molar-refractivity contribution in [3.05, 3.63) is 17.8 Å². The molecule has 0 aliphatic carbocycles. The molecule has 0 aromatic carbocycles. The monoisotopic (exact) mass is 254 g/mol. The predicted octanol–water partition coefficient (Wildman–Crippen LogP) is 1.25. The second kappa shape index (κ2) is 6.80. The first-order chi connectivity index (χ1) is 8.58. The molecule has 1 aromatic rings. The van der Waals surface area contributed by atoms with Gasteiger partial charge in [-0.2, -0.15) is 0 Å². The maximum atomic E-state index is 11.6. The van der Waals surface area contributed by atoms with Gasteiger partial charge in [-0.3, -0.25) is 0 Å². The number of nitrogens with zero attached hydrogens (tertiary/aromatic N) is 1. The van der Waals surface area contributed by atoms with Crippen molar-refractivity contribution in [1.29, 1.82) is 0 Å². The Morgan fingerprint density at radius 3 is 2.89 bits per heavy atom. The van der Waals surface area contributed by atoms with Crippen LogP contribution in [0.2, 0.25) is 0 Å². The highest BCUT2D eigenvalue weighted by Gasteiger charge is 2.17. The van der Waals surface area contributed by atoms with Crippen LogP contribution in [-0.2, 0) is 9.47 Å². The maximum Gasteiger partial charge on any atom is 0.343 e. The molecule has 1 unspecified atom stereocenters. The van der Waals surface area contributed by atoms with E-state index in [9.17, 15) is 4.79 Å². The van der Waals surface area contributed by atoms with E-state index < -0.39 is 5.97 Å². The van der Waals surface area contributed by atoms with Crippen LogP contribution in [0, 0.1) is 0 Å². The van der Waals surface area contributed by atoms with E-state index in [4.69, 9.17) is 15.2 Å². The SMILES string of the molecule is CCOCC(C)Oc1ncc(N)cc1C(=O)OC. The number of aromatic nitrogens is 1. The van der Waals surface area contributed by atoms with Crippen LogP contribution in [0.5, 0.6) is 5.88 Å². The average Bonchev–Trinajstić information content (AvgIpc) is 2.37. The zero-order valence-corrected chi connectivity index (χ0v) is 10.8. The van der Waals surface area contributed by atoms with Crippen molar-refractivity contribution in [3.63, 3.8) is 0 Å². The molecule has 0 amide bonds. The third-order valence-electron chi connectivity index (χ3n) is 2.15. The van der Waals surface area contributed by atoms with Gasteiger partial charge in [0.05, 0.1) is 25.6 Å². The summed E-state index contributed by atoms with van der Waals surface area (Å²) in [5.41, 5.74) is 6.16. The molecule has 6 heteroatoms. The molecular weight excluding hydrogens is 236 g/mol. The number of rotatable bonds is 6. The van der Waals surface area contributed by atoms with Crippen molar-refractivity contribution >= 4 is 11.7 Å². The van der Waals surface area contributed by atoms with Crippen LogP contribution in [0.3, 0.4) is 0 Å². The lowest BCUT2D eigenvalue weighted by Crippen LogP contribution is -2.21. The van der Waals surface area contributed by atoms with E-state index >= 15 is 0 Å². The second-order valence-electron chi connectivity index (χ2n) is 3.70. The first-order valence-electron chi connectivity index (χ1n) is 5.66. The summed E-state index contributed by atoms with van der Waals surface area (Å²) in [6.45, 7) is 4.75. The Labute approximate surface area is 106 Å². The first kappa shape index (κ1) is 14.2. The number of esters is 1. The number of nitrogen functional groups attached to an aromatic ring is 1. The van der Waals surface area contributed by atoms with Crippen molar-refractivity contribution in [2.24, 2.45) is 0 Å². The van der Waals surface area contributed by atoms with Crippen LogP contribution in [0.15, 0.2) is 12.3 Å². The number of hydrogen-bond acceptors (Lipinski definition) is 6. The number of carbonyl (C=O) groups is 1. The molecule has 6 nitrogen and oxygen atoms in total. The molecule has 0 radical (unpaired) electrons. The van der Waals surface area contributed by atoms with Gasteiger partial charge >= 0.3 is 5.97 Å². The Kier molecular flexibility index (Phi) is 5.38. The Morgan fingerprint density at radius 2 is 2.28 bits per heavy atom. The second-order valence-corrected chi connectivity index (χ2v) is 3.70. The first-order valence-corrected chi connectivity index (χ1v) is 5.66. The molecule has 1 atom stereocenters. The van der Waals surface area contributed by atoms with Crippen molar-refractivity contribution in [1.82, 2.24) is 4.98 Å². The van der Waals surface area contributed by atoms with Crippen molar-refractivity contribution in [2.75, 3.05) is 26.1 Å². The van der Waals surface area contributed by atoms with Crippen LogP contribution in [0.25, 0.3) is 0 Å². The van der Waals surface area contributed by atoms with E-state index in [0.717, 1.165) is 0 Å². The molecule has 0 spiro atoms. The molecule has 0 aliphatic rings. The molecule has 18 heavy (non-hydrogen) atoms. The van der Waals surface area contributed by atoms with Gasteiger partial charge in [0, 0.05) is 6.61 Å². The van der Waals surface area contributed by atoms with Crippen LogP contribution >= 0.6 is 0 Å². The minimum Gasteiger partial charge on any atom is -0.472 e. The van der Waals surface area contributed by atoms with E-state index in [1.165, 1.54) is 19.4 Å². The molecule has 0 aliphatic heterocycles. The van der Waals surface area contributed by atoms with Crippen molar-refractivity contribution < 1.29 is 19.0 Å². The Morgan fingerprint density at radius 1 is 1.56 bits per heavy atom. The minimum atomic E-state index is -0.534. The van der Waals surface area contributed by atoms with Crippen LogP contribution in [0.4, 0.5) is 5.69 Å². The zero-order chi connectivity index (χ0) is 13.5. The highest BCUT2D eigenvalue weighted by Crippen LogP contribution is 2.20. The topological polar surface area (TPSA) is 83.7 Å². The molecule has 2 N–H and O–H groups in total. The van der Waals surface area contributed by atoms with E-state index in [2.05, 4.69) is 9.72 Å². The van der Waals surface area contributed by atoms with Gasteiger partial charge in [-0.15, -0.1) is 0 Å². The Balaban J connectivity index is 2.84. The normalized spacial score (nSPS) is 11.9. The number of methoxy groups -OCH3 is 1. The van der Waals surface area contributed by atoms with Gasteiger partial charge in [0.25, 0.3) is 0 Å². The van der Waals surface area contributed by atoms with Crippen molar-refractivity contribution in [2.45, 2.75) is 20.0 Å². The number of nitrogens with two attached hydrogens (primary N) is 1. The lowest BCUT2D eigenvalue weighted by molar-refractivity contribution is 0.0541. The molecule has 1 aromatic heterocycles. The summed E-state index contributed by atoms with van der Waals surface area (Å²) < 4.78 is 15.4. The lowest BCUT2D eigenvalue weighted by atomic mass is 10.2. The molecule has 0 bridgehead atoms. The standard InChI is InChI=1S/C12H18N2O4/c1-4-17-7-8(2)18-11-10(12(15)16-3)5-9(13)6-14-11/h5-6,8H,4,7,13H2,1-3H3. The molecule has 100 valence electrons. The summed E-state index contributed by atoms with van der Waals surface area (Å²) in [5.74, 6) is -0.336. The van der Waals surface area contributed by atoms with Gasteiger partial charge in [0.2, 0.25) is 5.88 Å². The molecule has 0 fully saturated rings. The lowest BCUT2D eigenvalue weighted by Gasteiger charge is -2.15. The summed E-state index contributed by atoms with van der Waals surface area (Å²) in [4.78, 5) is 15.5. The van der Waals surface area contributed by atoms with Crippen molar-refractivity contribution in [3.8, 4) is 5.88 Å². The molecule has 0 saturated carbocycles. The summed E-state index contributed by atoms with van der Waals surface area (Å²) in [6, 6.07) is 1.47. The highest BCUT2D eigenvalue weighted by atomic mass is 16.5. The molecule has 1 rings (SSSR count). The number of pyridine rings is 1. The largest absolute Gasteiger partial charge is 0.472 e. The van der Waals surface area contributed by atoms with Gasteiger partial charge in [0.15, 0.2) is 0 Å². The van der Waals surface area contributed by atoms with Gasteiger partial charge in [-0.05, 0) is 19.9 Å². The number of carbonyl (C=O) groups excluding carboxylic acids is 1. The number of hydrogen-bond donors (Lipinski definition) is 1. The fourth-order valence-corrected chi connectivity index (χ4v) is 1.33. The Hall–Kier alpha value is -1.82. The number of anilines is 1. The predicted molar refractivity (Wildman–Crippen MR) is 66.6 cm³/mol.